The predicted molar refractivity (Wildman–Crippen MR) is 53.8 cm³/mol. The summed E-state index contributed by atoms with van der Waals surface area (Å²) in [5, 5.41) is 0. The van der Waals surface area contributed by atoms with E-state index in [1.165, 1.54) is 0 Å². The zero-order valence-corrected chi connectivity index (χ0v) is 8.80. The third kappa shape index (κ3) is 1.09. The Kier molecular flexibility index (Phi) is 1.91. The minimum absolute atomic E-state index is 0.131. The van der Waals surface area contributed by atoms with Crippen molar-refractivity contribution in [3.05, 3.63) is 12.2 Å². The van der Waals surface area contributed by atoms with Gasteiger partial charge < -0.3 is 0 Å². The van der Waals surface area contributed by atoms with E-state index in [1.807, 2.05) is 13.0 Å². The summed E-state index contributed by atoms with van der Waals surface area (Å²) in [7, 11) is 0. The lowest BCUT2D eigenvalue weighted by molar-refractivity contribution is -0.141. The maximum Gasteiger partial charge on any atom is 0.161 e. The van der Waals surface area contributed by atoms with Crippen molar-refractivity contribution < 1.29 is 9.59 Å². The highest BCUT2D eigenvalue weighted by molar-refractivity contribution is 5.98. The van der Waals surface area contributed by atoms with Crippen molar-refractivity contribution in [3.63, 3.8) is 0 Å². The number of carbonyl (C=O) groups excluding carboxylic acids is 2. The molecule has 0 radical (unpaired) electrons. The van der Waals surface area contributed by atoms with E-state index in [1.54, 1.807) is 6.08 Å². The Balaban J connectivity index is 2.43. The Morgan fingerprint density at radius 1 is 1.29 bits per heavy atom. The number of ketones is 2. The minimum atomic E-state index is -0.296. The quantitative estimate of drug-likeness (QED) is 0.590. The van der Waals surface area contributed by atoms with Gasteiger partial charge in [0.15, 0.2) is 5.78 Å². The van der Waals surface area contributed by atoms with Gasteiger partial charge in [-0.1, -0.05) is 19.9 Å². The second-order valence-corrected chi connectivity index (χ2v) is 5.08. The van der Waals surface area contributed by atoms with Crippen LogP contribution in [0.2, 0.25) is 0 Å². The predicted octanol–water partition coefficient (Wildman–Crippen LogP) is 2.28. The Labute approximate surface area is 84.4 Å². The number of Topliss-reactive ketones (excluding diaryl/α,β-unsaturated/α-hetero) is 1. The van der Waals surface area contributed by atoms with E-state index >= 15 is 0 Å². The van der Waals surface area contributed by atoms with Gasteiger partial charge in [-0.05, 0) is 24.3 Å². The monoisotopic (exact) mass is 192 g/mol. The molecule has 0 aromatic rings. The number of hydrogen-bond donors (Lipinski definition) is 0. The molecule has 0 saturated heterocycles. The van der Waals surface area contributed by atoms with Crippen LogP contribution in [0.25, 0.3) is 0 Å². The Morgan fingerprint density at radius 2 is 2.00 bits per heavy atom. The van der Waals surface area contributed by atoms with E-state index in [0.717, 1.165) is 12.8 Å². The average molecular weight is 192 g/mol. The van der Waals surface area contributed by atoms with E-state index in [0.29, 0.717) is 18.6 Å². The van der Waals surface area contributed by atoms with Crippen LogP contribution in [0.1, 0.15) is 39.5 Å². The average Bonchev–Trinajstić information content (AvgIpc) is 2.10. The van der Waals surface area contributed by atoms with Crippen LogP contribution >= 0.6 is 0 Å². The fourth-order valence-electron chi connectivity index (χ4n) is 2.74. The van der Waals surface area contributed by atoms with Crippen LogP contribution in [0.5, 0.6) is 0 Å². The van der Waals surface area contributed by atoms with Crippen LogP contribution in [0.15, 0.2) is 12.2 Å². The highest BCUT2D eigenvalue weighted by atomic mass is 16.1. The molecule has 0 unspecified atom stereocenters. The summed E-state index contributed by atoms with van der Waals surface area (Å²) in [5.41, 5.74) is -0.427. The lowest BCUT2D eigenvalue weighted by Gasteiger charge is -2.49. The standard InChI is InChI=1S/C12H16O2/c1-11-6-3-4-10(14)12(11,2)7-5-9(13)8-11/h3-4H,5-8H2,1-2H3/t11-,12+/m1/s1. The Bertz CT molecular complexity index is 329. The van der Waals surface area contributed by atoms with Crippen LogP contribution in [-0.2, 0) is 9.59 Å². The van der Waals surface area contributed by atoms with Gasteiger partial charge >= 0.3 is 0 Å². The van der Waals surface area contributed by atoms with Crippen molar-refractivity contribution in [1.29, 1.82) is 0 Å². The van der Waals surface area contributed by atoms with Crippen molar-refractivity contribution in [2.24, 2.45) is 10.8 Å². The zero-order chi connectivity index (χ0) is 10.4. The third-order valence-corrected chi connectivity index (χ3v) is 4.20. The first-order valence-corrected chi connectivity index (χ1v) is 5.21. The second-order valence-electron chi connectivity index (χ2n) is 5.08. The van der Waals surface area contributed by atoms with Gasteiger partial charge in [0.25, 0.3) is 0 Å². The molecule has 0 amide bonds. The molecular formula is C12H16O2. The van der Waals surface area contributed by atoms with Crippen LogP contribution < -0.4 is 0 Å². The van der Waals surface area contributed by atoms with Crippen molar-refractivity contribution in [3.8, 4) is 0 Å². The first-order chi connectivity index (χ1) is 6.48. The number of carbonyl (C=O) groups is 2. The largest absolute Gasteiger partial charge is 0.300 e. The number of hydrogen-bond acceptors (Lipinski definition) is 2. The van der Waals surface area contributed by atoms with Crippen LogP contribution in [0.4, 0.5) is 0 Å². The maximum atomic E-state index is 11.9. The Morgan fingerprint density at radius 3 is 2.71 bits per heavy atom. The van der Waals surface area contributed by atoms with Crippen molar-refractivity contribution >= 4 is 11.6 Å². The highest BCUT2D eigenvalue weighted by Crippen LogP contribution is 2.54. The third-order valence-electron chi connectivity index (χ3n) is 4.20. The van der Waals surface area contributed by atoms with E-state index in [4.69, 9.17) is 0 Å². The van der Waals surface area contributed by atoms with E-state index < -0.39 is 0 Å². The van der Waals surface area contributed by atoms with Gasteiger partial charge in [0, 0.05) is 18.3 Å². The summed E-state index contributed by atoms with van der Waals surface area (Å²) in [4.78, 5) is 23.3. The molecule has 2 rings (SSSR count). The summed E-state index contributed by atoms with van der Waals surface area (Å²) in [6.45, 7) is 4.09. The highest BCUT2D eigenvalue weighted by Gasteiger charge is 2.52. The summed E-state index contributed by atoms with van der Waals surface area (Å²) >= 11 is 0. The second kappa shape index (κ2) is 2.78. The number of fused-ring (bicyclic) bond motifs is 1. The molecule has 1 saturated carbocycles. The SMILES string of the molecule is C[C@]12CC=CC(=O)[C@]1(C)CCC(=O)C2. The molecule has 2 heteroatoms. The fraction of sp³-hybridized carbons (Fsp3) is 0.667. The molecule has 14 heavy (non-hydrogen) atoms. The number of allylic oxidation sites excluding steroid dienone is 2. The van der Waals surface area contributed by atoms with E-state index in [9.17, 15) is 9.59 Å². The Hall–Kier alpha value is -0.920. The molecular weight excluding hydrogens is 176 g/mol. The van der Waals surface area contributed by atoms with Crippen molar-refractivity contribution in [1.82, 2.24) is 0 Å². The van der Waals surface area contributed by atoms with Gasteiger partial charge in [-0.25, -0.2) is 0 Å². The molecule has 2 nitrogen and oxygen atoms in total. The normalized spacial score (nSPS) is 42.4. The topological polar surface area (TPSA) is 34.1 Å². The van der Waals surface area contributed by atoms with Gasteiger partial charge in [-0.15, -0.1) is 0 Å². The van der Waals surface area contributed by atoms with Crippen molar-refractivity contribution in [2.45, 2.75) is 39.5 Å². The summed E-state index contributed by atoms with van der Waals surface area (Å²) < 4.78 is 0. The molecule has 2 aliphatic rings. The molecule has 0 spiro atoms. The molecule has 0 aliphatic heterocycles. The van der Waals surface area contributed by atoms with E-state index in [2.05, 4.69) is 6.92 Å². The molecule has 0 N–H and O–H groups in total. The molecule has 0 aromatic carbocycles. The molecule has 0 heterocycles. The maximum absolute atomic E-state index is 11.9. The molecule has 0 bridgehead atoms. The van der Waals surface area contributed by atoms with E-state index in [-0.39, 0.29) is 16.6 Å². The van der Waals surface area contributed by atoms with Crippen LogP contribution in [0.3, 0.4) is 0 Å². The summed E-state index contributed by atoms with van der Waals surface area (Å²) in [5.74, 6) is 0.520. The van der Waals surface area contributed by atoms with Gasteiger partial charge in [-0.2, -0.15) is 0 Å². The first-order valence-electron chi connectivity index (χ1n) is 5.21. The minimum Gasteiger partial charge on any atom is -0.300 e. The van der Waals surface area contributed by atoms with Gasteiger partial charge in [0.2, 0.25) is 0 Å². The van der Waals surface area contributed by atoms with Gasteiger partial charge in [0.1, 0.15) is 5.78 Å². The van der Waals surface area contributed by atoms with Crippen LogP contribution in [-0.4, -0.2) is 11.6 Å². The summed E-state index contributed by atoms with van der Waals surface area (Å²) in [6, 6.07) is 0. The lowest BCUT2D eigenvalue weighted by atomic mass is 9.52. The molecule has 2 aliphatic carbocycles. The molecule has 1 fully saturated rings. The molecule has 76 valence electrons. The summed E-state index contributed by atoms with van der Waals surface area (Å²) in [6.07, 6.45) is 6.35. The van der Waals surface area contributed by atoms with Crippen molar-refractivity contribution in [2.75, 3.05) is 0 Å². The first kappa shape index (κ1) is 9.63. The smallest absolute Gasteiger partial charge is 0.161 e. The lowest BCUT2D eigenvalue weighted by Crippen LogP contribution is -2.49. The zero-order valence-electron chi connectivity index (χ0n) is 8.80. The molecule has 0 aromatic heterocycles. The van der Waals surface area contributed by atoms with Crippen LogP contribution in [0, 0.1) is 10.8 Å². The fourth-order valence-corrected chi connectivity index (χ4v) is 2.74. The number of rotatable bonds is 0. The van der Waals surface area contributed by atoms with Gasteiger partial charge in [0.05, 0.1) is 0 Å². The molecule has 2 atom stereocenters. The van der Waals surface area contributed by atoms with Gasteiger partial charge in [-0.3, -0.25) is 9.59 Å².